The van der Waals surface area contributed by atoms with E-state index in [1.54, 1.807) is 0 Å². The molecule has 0 amide bonds. The normalized spacial score (nSPS) is 12.0. The first-order valence-corrected chi connectivity index (χ1v) is 12.0. The van der Waals surface area contributed by atoms with Crippen molar-refractivity contribution in [3.05, 3.63) is 82.9 Å². The second-order valence-electron chi connectivity index (χ2n) is 10.0. The number of nitrogens with zero attached hydrogens (tertiary/aromatic N) is 2. The summed E-state index contributed by atoms with van der Waals surface area (Å²) in [7, 11) is 2.21. The highest BCUT2D eigenvalue weighted by Gasteiger charge is 2.31. The summed E-state index contributed by atoms with van der Waals surface area (Å²) < 4.78 is 4.93. The molecule has 166 valence electrons. The van der Waals surface area contributed by atoms with Crippen molar-refractivity contribution in [1.29, 1.82) is 0 Å². The molecule has 0 radical (unpaired) electrons. The van der Waals surface area contributed by atoms with E-state index in [0.29, 0.717) is 17.8 Å². The zero-order valence-corrected chi connectivity index (χ0v) is 20.9. The van der Waals surface area contributed by atoms with Gasteiger partial charge in [-0.1, -0.05) is 84.0 Å². The van der Waals surface area contributed by atoms with E-state index in [0.717, 1.165) is 0 Å². The third kappa shape index (κ3) is 3.66. The van der Waals surface area contributed by atoms with Gasteiger partial charge < -0.3 is 0 Å². The number of benzene rings is 3. The molecule has 0 unspecified atom stereocenters. The van der Waals surface area contributed by atoms with Crippen LogP contribution in [0.1, 0.15) is 81.5 Å². The minimum absolute atomic E-state index is 0.435. The van der Waals surface area contributed by atoms with Crippen molar-refractivity contribution in [1.82, 2.24) is 4.57 Å². The van der Waals surface area contributed by atoms with Crippen LogP contribution in [0.15, 0.2) is 60.7 Å². The van der Waals surface area contributed by atoms with Gasteiger partial charge >= 0.3 is 0 Å². The highest BCUT2D eigenvalue weighted by atomic mass is 15.2. The van der Waals surface area contributed by atoms with Gasteiger partial charge in [0.25, 0.3) is 5.82 Å². The molecule has 4 aromatic rings. The Kier molecular flexibility index (Phi) is 5.99. The van der Waals surface area contributed by atoms with Crippen LogP contribution in [-0.2, 0) is 7.05 Å². The third-order valence-electron chi connectivity index (χ3n) is 6.75. The largest absolute Gasteiger partial charge is 0.295 e. The summed E-state index contributed by atoms with van der Waals surface area (Å²) in [5, 5.41) is 0. The standard InChI is InChI=1S/C30H37N2/c1-19(2)23-16-17-27-28(18-23)32(30(31(27)8)26-13-10-9-12-22(26)7)29-24(20(3)4)14-11-15-25(29)21(5)6/h9-21H,1-8H3/q+1. The maximum absolute atomic E-state index is 2.55. The van der Waals surface area contributed by atoms with Crippen LogP contribution in [0.2, 0.25) is 0 Å². The van der Waals surface area contributed by atoms with Crippen LogP contribution in [0.25, 0.3) is 28.1 Å². The summed E-state index contributed by atoms with van der Waals surface area (Å²) in [5.74, 6) is 2.60. The quantitative estimate of drug-likeness (QED) is 0.288. The van der Waals surface area contributed by atoms with Gasteiger partial charge in [-0.2, -0.15) is 4.57 Å². The SMILES string of the molecule is Cc1ccccc1-c1n(-c2c(C(C)C)cccc2C(C)C)c2cc(C(C)C)ccc2[n+]1C. The molecule has 0 atom stereocenters. The molecule has 0 N–H and O–H groups in total. The average molecular weight is 426 g/mol. The number of imidazole rings is 1. The summed E-state index contributed by atoms with van der Waals surface area (Å²) in [6.07, 6.45) is 0. The Morgan fingerprint density at radius 3 is 1.91 bits per heavy atom. The molecule has 2 nitrogen and oxygen atoms in total. The number of fused-ring (bicyclic) bond motifs is 1. The van der Waals surface area contributed by atoms with Gasteiger partial charge in [-0.25, -0.2) is 4.57 Å². The Hall–Kier alpha value is -2.87. The minimum atomic E-state index is 0.435. The van der Waals surface area contributed by atoms with Crippen LogP contribution in [0.4, 0.5) is 0 Å². The Bertz CT molecular complexity index is 1250. The van der Waals surface area contributed by atoms with E-state index < -0.39 is 0 Å². The fraction of sp³-hybridized carbons (Fsp3) is 0.367. The maximum atomic E-state index is 2.55. The van der Waals surface area contributed by atoms with E-state index in [2.05, 4.69) is 125 Å². The molecule has 0 fully saturated rings. The molecule has 0 spiro atoms. The van der Waals surface area contributed by atoms with E-state index in [9.17, 15) is 0 Å². The molecule has 32 heavy (non-hydrogen) atoms. The maximum Gasteiger partial charge on any atom is 0.295 e. The lowest BCUT2D eigenvalue weighted by molar-refractivity contribution is -0.633. The highest BCUT2D eigenvalue weighted by molar-refractivity contribution is 5.81. The lowest BCUT2D eigenvalue weighted by atomic mass is 9.92. The van der Waals surface area contributed by atoms with E-state index in [4.69, 9.17) is 0 Å². The molecular weight excluding hydrogens is 388 g/mol. The molecule has 1 heterocycles. The summed E-state index contributed by atoms with van der Waals surface area (Å²) in [5.41, 5.74) is 10.7. The summed E-state index contributed by atoms with van der Waals surface area (Å²) in [4.78, 5) is 0. The Morgan fingerprint density at radius 2 is 1.34 bits per heavy atom. The fourth-order valence-corrected chi connectivity index (χ4v) is 4.86. The van der Waals surface area contributed by atoms with Crippen LogP contribution >= 0.6 is 0 Å². The van der Waals surface area contributed by atoms with Gasteiger partial charge in [-0.3, -0.25) is 0 Å². The van der Waals surface area contributed by atoms with Gasteiger partial charge in [0.05, 0.1) is 12.6 Å². The summed E-state index contributed by atoms with van der Waals surface area (Å²) >= 11 is 0. The van der Waals surface area contributed by atoms with Crippen LogP contribution in [-0.4, -0.2) is 4.57 Å². The molecule has 1 aromatic heterocycles. The van der Waals surface area contributed by atoms with Crippen LogP contribution in [0.5, 0.6) is 0 Å². The molecule has 0 aliphatic carbocycles. The summed E-state index contributed by atoms with van der Waals surface area (Å²) in [6.45, 7) is 16.0. The number of rotatable bonds is 5. The Labute approximate surface area is 193 Å². The second-order valence-corrected chi connectivity index (χ2v) is 10.0. The molecule has 0 bridgehead atoms. The first kappa shape index (κ1) is 22.3. The van der Waals surface area contributed by atoms with E-state index in [1.807, 2.05) is 0 Å². The molecule has 3 aromatic carbocycles. The Morgan fingerprint density at radius 1 is 0.719 bits per heavy atom. The zero-order chi connectivity index (χ0) is 23.2. The van der Waals surface area contributed by atoms with Crippen LogP contribution in [0.3, 0.4) is 0 Å². The van der Waals surface area contributed by atoms with Gasteiger partial charge in [0, 0.05) is 11.1 Å². The number of para-hydroxylation sites is 1. The predicted octanol–water partition coefficient (Wildman–Crippen LogP) is 7.80. The number of aromatic nitrogens is 2. The number of aryl methyl sites for hydroxylation is 2. The van der Waals surface area contributed by atoms with Crippen molar-refractivity contribution < 1.29 is 4.57 Å². The van der Waals surface area contributed by atoms with Crippen LogP contribution in [0, 0.1) is 6.92 Å². The molecule has 0 saturated heterocycles. The van der Waals surface area contributed by atoms with E-state index in [-0.39, 0.29) is 0 Å². The van der Waals surface area contributed by atoms with Crippen molar-refractivity contribution in [2.24, 2.45) is 7.05 Å². The molecule has 2 heteroatoms. The van der Waals surface area contributed by atoms with Crippen molar-refractivity contribution in [3.8, 4) is 17.1 Å². The average Bonchev–Trinajstić information content (AvgIpc) is 3.04. The van der Waals surface area contributed by atoms with Gasteiger partial charge in [-0.05, 0) is 54.0 Å². The molecule has 0 saturated carbocycles. The zero-order valence-electron chi connectivity index (χ0n) is 20.9. The smallest absolute Gasteiger partial charge is 0.225 e. The topological polar surface area (TPSA) is 8.81 Å². The van der Waals surface area contributed by atoms with Gasteiger partial charge in [0.15, 0.2) is 11.0 Å². The molecule has 0 aliphatic rings. The first-order chi connectivity index (χ1) is 15.2. The van der Waals surface area contributed by atoms with Crippen LogP contribution < -0.4 is 4.57 Å². The summed E-state index contributed by atoms with van der Waals surface area (Å²) in [6, 6.07) is 22.6. The second kappa shape index (κ2) is 8.58. The number of hydrogen-bond acceptors (Lipinski definition) is 0. The third-order valence-corrected chi connectivity index (χ3v) is 6.75. The van der Waals surface area contributed by atoms with Crippen molar-refractivity contribution in [2.75, 3.05) is 0 Å². The lowest BCUT2D eigenvalue weighted by Crippen LogP contribution is -2.30. The van der Waals surface area contributed by atoms with Crippen molar-refractivity contribution >= 4 is 11.0 Å². The minimum Gasteiger partial charge on any atom is -0.225 e. The van der Waals surface area contributed by atoms with Gasteiger partial charge in [0.2, 0.25) is 0 Å². The molecule has 0 aliphatic heterocycles. The molecule has 4 rings (SSSR count). The van der Waals surface area contributed by atoms with E-state index in [1.165, 1.54) is 50.4 Å². The Balaban J connectivity index is 2.24. The lowest BCUT2D eigenvalue weighted by Gasteiger charge is -2.18. The van der Waals surface area contributed by atoms with Crippen molar-refractivity contribution in [2.45, 2.75) is 66.2 Å². The first-order valence-electron chi connectivity index (χ1n) is 12.0. The van der Waals surface area contributed by atoms with Crippen molar-refractivity contribution in [3.63, 3.8) is 0 Å². The number of hydrogen-bond donors (Lipinski definition) is 0. The highest BCUT2D eigenvalue weighted by Crippen LogP contribution is 2.37. The monoisotopic (exact) mass is 425 g/mol. The van der Waals surface area contributed by atoms with Gasteiger partial charge in [0.1, 0.15) is 5.69 Å². The fourth-order valence-electron chi connectivity index (χ4n) is 4.86. The van der Waals surface area contributed by atoms with E-state index >= 15 is 0 Å². The molecular formula is C30H37N2+. The predicted molar refractivity (Wildman–Crippen MR) is 137 cm³/mol. The van der Waals surface area contributed by atoms with Gasteiger partial charge in [-0.15, -0.1) is 0 Å².